The van der Waals surface area contributed by atoms with Crippen LogP contribution in [0.2, 0.25) is 0 Å². The third-order valence-corrected chi connectivity index (χ3v) is 5.85. The molecule has 2 aromatic carbocycles. The zero-order chi connectivity index (χ0) is 21.4. The van der Waals surface area contributed by atoms with Crippen LogP contribution >= 0.6 is 11.3 Å². The number of nitrogens with one attached hydrogen (secondary N) is 1. The van der Waals surface area contributed by atoms with Crippen LogP contribution in [0.3, 0.4) is 0 Å². The molecule has 2 heterocycles. The molecule has 4 rings (SSSR count). The van der Waals surface area contributed by atoms with Crippen LogP contribution in [0.5, 0.6) is 0 Å². The van der Waals surface area contributed by atoms with E-state index in [2.05, 4.69) is 10.3 Å². The molecule has 0 saturated heterocycles. The van der Waals surface area contributed by atoms with Crippen molar-refractivity contribution in [2.24, 2.45) is 0 Å². The first-order valence-corrected chi connectivity index (χ1v) is 10.2. The number of imidazole rings is 1. The summed E-state index contributed by atoms with van der Waals surface area (Å²) in [5.41, 5.74) is 2.26. The number of nitrogens with zero attached hydrogens (tertiary/aromatic N) is 3. The number of rotatable bonds is 5. The smallest absolute Gasteiger partial charge is 0.261 e. The molecule has 0 fully saturated rings. The Bertz CT molecular complexity index is 1200. The molecule has 8 heteroatoms. The second kappa shape index (κ2) is 7.87. The summed E-state index contributed by atoms with van der Waals surface area (Å²) in [4.78, 5) is 20.6. The third-order valence-electron chi connectivity index (χ3n) is 4.74. The molecular formula is C22H20F2N4OS. The van der Waals surface area contributed by atoms with E-state index in [0.717, 1.165) is 16.1 Å². The molecule has 4 aromatic rings. The van der Waals surface area contributed by atoms with E-state index in [1.165, 1.54) is 35.6 Å². The van der Waals surface area contributed by atoms with Gasteiger partial charge in [0.15, 0.2) is 0 Å². The molecule has 0 saturated carbocycles. The number of hydrogen-bond donors (Lipinski definition) is 1. The highest BCUT2D eigenvalue weighted by Crippen LogP contribution is 2.33. The minimum Gasteiger partial charge on any atom is -0.348 e. The Morgan fingerprint density at radius 3 is 2.27 bits per heavy atom. The van der Waals surface area contributed by atoms with Gasteiger partial charge in [0.1, 0.15) is 22.0 Å². The Hall–Kier alpha value is -3.26. The summed E-state index contributed by atoms with van der Waals surface area (Å²) >= 11 is 1.32. The van der Waals surface area contributed by atoms with Gasteiger partial charge in [-0.15, -0.1) is 11.3 Å². The van der Waals surface area contributed by atoms with Gasteiger partial charge in [-0.1, -0.05) is 12.1 Å². The number of aromatic nitrogens is 2. The standard InChI is InChI=1S/C22H20F2N4OS/c1-13(14-4-6-15(23)7-5-14)25-20(29)19-12-18-21(30-19)28(22(26-18)27(2)3)17-10-8-16(24)9-11-17/h4-13H,1-3H3,(H,25,29). The van der Waals surface area contributed by atoms with Gasteiger partial charge in [-0.2, -0.15) is 0 Å². The van der Waals surface area contributed by atoms with Crippen LogP contribution in [0.25, 0.3) is 16.0 Å². The maximum Gasteiger partial charge on any atom is 0.261 e. The van der Waals surface area contributed by atoms with Crippen molar-refractivity contribution in [2.75, 3.05) is 19.0 Å². The highest BCUT2D eigenvalue weighted by atomic mass is 32.1. The van der Waals surface area contributed by atoms with E-state index < -0.39 is 0 Å². The topological polar surface area (TPSA) is 50.2 Å². The van der Waals surface area contributed by atoms with E-state index >= 15 is 0 Å². The summed E-state index contributed by atoms with van der Waals surface area (Å²) in [6.07, 6.45) is 0. The fourth-order valence-corrected chi connectivity index (χ4v) is 4.22. The number of benzene rings is 2. The number of carbonyl (C=O) groups is 1. The lowest BCUT2D eigenvalue weighted by atomic mass is 10.1. The van der Waals surface area contributed by atoms with E-state index in [9.17, 15) is 13.6 Å². The summed E-state index contributed by atoms with van der Waals surface area (Å²) in [6, 6.07) is 13.7. The number of fused-ring (bicyclic) bond motifs is 1. The van der Waals surface area contributed by atoms with Gasteiger partial charge in [0.25, 0.3) is 5.91 Å². The van der Waals surface area contributed by atoms with Crippen molar-refractivity contribution in [3.63, 3.8) is 0 Å². The fourth-order valence-electron chi connectivity index (χ4n) is 3.20. The Balaban J connectivity index is 1.67. The van der Waals surface area contributed by atoms with Crippen molar-refractivity contribution in [1.82, 2.24) is 14.9 Å². The summed E-state index contributed by atoms with van der Waals surface area (Å²) in [5, 5.41) is 2.94. The van der Waals surface area contributed by atoms with Crippen LogP contribution in [0.1, 0.15) is 28.2 Å². The highest BCUT2D eigenvalue weighted by Gasteiger charge is 2.21. The van der Waals surface area contributed by atoms with Crippen molar-refractivity contribution in [3.8, 4) is 5.69 Å². The monoisotopic (exact) mass is 426 g/mol. The maximum atomic E-state index is 13.4. The zero-order valence-corrected chi connectivity index (χ0v) is 17.5. The molecule has 0 bridgehead atoms. The molecule has 0 spiro atoms. The summed E-state index contributed by atoms with van der Waals surface area (Å²) in [7, 11) is 3.76. The second-order valence-electron chi connectivity index (χ2n) is 7.17. The van der Waals surface area contributed by atoms with Crippen LogP contribution < -0.4 is 10.2 Å². The number of anilines is 1. The van der Waals surface area contributed by atoms with Crippen molar-refractivity contribution in [1.29, 1.82) is 0 Å². The minimum absolute atomic E-state index is 0.230. The van der Waals surface area contributed by atoms with Crippen LogP contribution in [0.15, 0.2) is 54.6 Å². The molecular weight excluding hydrogens is 406 g/mol. The van der Waals surface area contributed by atoms with Gasteiger partial charge < -0.3 is 10.2 Å². The van der Waals surface area contributed by atoms with E-state index in [4.69, 9.17) is 0 Å². The van der Waals surface area contributed by atoms with Gasteiger partial charge in [0.2, 0.25) is 5.95 Å². The van der Waals surface area contributed by atoms with Crippen molar-refractivity contribution >= 4 is 33.5 Å². The Morgan fingerprint density at radius 2 is 1.67 bits per heavy atom. The van der Waals surface area contributed by atoms with E-state index in [1.54, 1.807) is 30.3 Å². The molecule has 0 radical (unpaired) electrons. The predicted octanol–water partition coefficient (Wildman–Crippen LogP) is 4.92. The van der Waals surface area contributed by atoms with Crippen LogP contribution in [0.4, 0.5) is 14.7 Å². The Kier molecular flexibility index (Phi) is 5.26. The predicted molar refractivity (Wildman–Crippen MR) is 116 cm³/mol. The zero-order valence-electron chi connectivity index (χ0n) is 16.7. The van der Waals surface area contributed by atoms with Crippen LogP contribution in [-0.4, -0.2) is 29.6 Å². The molecule has 0 aliphatic heterocycles. The van der Waals surface area contributed by atoms with E-state index in [0.29, 0.717) is 16.3 Å². The number of amides is 1. The van der Waals surface area contributed by atoms with Crippen LogP contribution in [0, 0.1) is 11.6 Å². The lowest BCUT2D eigenvalue weighted by Crippen LogP contribution is -2.25. The first kappa shape index (κ1) is 20.0. The SMILES string of the molecule is CC(NC(=O)c1cc2nc(N(C)C)n(-c3ccc(F)cc3)c2s1)c1ccc(F)cc1. The van der Waals surface area contributed by atoms with E-state index in [1.807, 2.05) is 30.5 Å². The average molecular weight is 426 g/mol. The molecule has 30 heavy (non-hydrogen) atoms. The largest absolute Gasteiger partial charge is 0.348 e. The molecule has 1 N–H and O–H groups in total. The lowest BCUT2D eigenvalue weighted by molar-refractivity contribution is 0.0944. The number of hydrogen-bond acceptors (Lipinski definition) is 4. The lowest BCUT2D eigenvalue weighted by Gasteiger charge is -2.15. The van der Waals surface area contributed by atoms with Crippen molar-refractivity contribution in [2.45, 2.75) is 13.0 Å². The fraction of sp³-hybridized carbons (Fsp3) is 0.182. The van der Waals surface area contributed by atoms with Crippen molar-refractivity contribution < 1.29 is 13.6 Å². The average Bonchev–Trinajstić information content (AvgIpc) is 3.27. The van der Waals surface area contributed by atoms with Crippen LogP contribution in [-0.2, 0) is 0 Å². The van der Waals surface area contributed by atoms with Gasteiger partial charge in [-0.3, -0.25) is 9.36 Å². The second-order valence-corrected chi connectivity index (χ2v) is 8.20. The highest BCUT2D eigenvalue weighted by molar-refractivity contribution is 7.20. The molecule has 5 nitrogen and oxygen atoms in total. The number of halogens is 2. The van der Waals surface area contributed by atoms with Gasteiger partial charge in [0.05, 0.1) is 16.6 Å². The van der Waals surface area contributed by atoms with Gasteiger partial charge in [0, 0.05) is 14.1 Å². The van der Waals surface area contributed by atoms with Crippen molar-refractivity contribution in [3.05, 3.63) is 76.7 Å². The molecule has 0 aliphatic rings. The minimum atomic E-state index is -0.317. The first-order chi connectivity index (χ1) is 14.3. The molecule has 1 unspecified atom stereocenters. The summed E-state index contributed by atoms with van der Waals surface area (Å²) in [6.45, 7) is 1.85. The van der Waals surface area contributed by atoms with E-state index in [-0.39, 0.29) is 23.6 Å². The molecule has 1 atom stereocenters. The Morgan fingerprint density at radius 1 is 1.07 bits per heavy atom. The Labute approximate surface area is 176 Å². The quantitative estimate of drug-likeness (QED) is 0.493. The molecule has 0 aliphatic carbocycles. The summed E-state index contributed by atoms with van der Waals surface area (Å²) < 4.78 is 28.4. The number of thiophene rings is 1. The van der Waals surface area contributed by atoms with Gasteiger partial charge in [-0.25, -0.2) is 13.8 Å². The maximum absolute atomic E-state index is 13.4. The van der Waals surface area contributed by atoms with Gasteiger partial charge >= 0.3 is 0 Å². The normalized spacial score (nSPS) is 12.2. The molecule has 1 amide bonds. The summed E-state index contributed by atoms with van der Waals surface area (Å²) in [5.74, 6) is -0.175. The molecule has 154 valence electrons. The third kappa shape index (κ3) is 3.78. The molecule has 2 aromatic heterocycles. The van der Waals surface area contributed by atoms with Gasteiger partial charge in [-0.05, 0) is 55.0 Å². The first-order valence-electron chi connectivity index (χ1n) is 9.35. The number of carbonyl (C=O) groups excluding carboxylic acids is 1.